The summed E-state index contributed by atoms with van der Waals surface area (Å²) in [5, 5.41) is -1.39. The van der Waals surface area contributed by atoms with E-state index in [0.717, 1.165) is 12.1 Å². The first kappa shape index (κ1) is 13.9. The highest BCUT2D eigenvalue weighted by molar-refractivity contribution is 6.32. The van der Waals surface area contributed by atoms with Gasteiger partial charge in [-0.1, -0.05) is 23.7 Å². The molecular formula is C10H5ClF6. The Kier molecular flexibility index (Phi) is 3.76. The van der Waals surface area contributed by atoms with Crippen molar-refractivity contribution in [3.63, 3.8) is 0 Å². The van der Waals surface area contributed by atoms with E-state index in [4.69, 9.17) is 11.6 Å². The fourth-order valence-corrected chi connectivity index (χ4v) is 1.12. The van der Waals surface area contributed by atoms with E-state index in [9.17, 15) is 26.3 Å². The molecule has 0 saturated heterocycles. The summed E-state index contributed by atoms with van der Waals surface area (Å²) in [5.74, 6) is 0. The van der Waals surface area contributed by atoms with E-state index in [2.05, 4.69) is 0 Å². The van der Waals surface area contributed by atoms with Crippen molar-refractivity contribution in [3.05, 3.63) is 40.4 Å². The first-order valence-corrected chi connectivity index (χ1v) is 4.60. The fraction of sp³-hybridized carbons (Fsp3) is 0.200. The fourth-order valence-electron chi connectivity index (χ4n) is 0.996. The number of halogens is 7. The molecule has 1 aromatic carbocycles. The third kappa shape index (κ3) is 3.96. The Balaban J connectivity index is 2.97. The third-order valence-electron chi connectivity index (χ3n) is 1.80. The highest BCUT2D eigenvalue weighted by Gasteiger charge is 2.32. The summed E-state index contributed by atoms with van der Waals surface area (Å²) in [6, 6.07) is 3.20. The molecule has 1 aromatic rings. The predicted molar refractivity (Wildman–Crippen MR) is 51.3 cm³/mol. The third-order valence-corrected chi connectivity index (χ3v) is 2.13. The van der Waals surface area contributed by atoms with Crippen molar-refractivity contribution >= 4 is 17.7 Å². The van der Waals surface area contributed by atoms with Crippen LogP contribution < -0.4 is 0 Å². The summed E-state index contributed by atoms with van der Waals surface area (Å²) in [4.78, 5) is 0. The maximum absolute atomic E-state index is 12.1. The highest BCUT2D eigenvalue weighted by atomic mass is 35.5. The Morgan fingerprint density at radius 3 is 1.76 bits per heavy atom. The minimum Gasteiger partial charge on any atom is -0.166 e. The van der Waals surface area contributed by atoms with E-state index in [1.165, 1.54) is 0 Å². The van der Waals surface area contributed by atoms with Crippen molar-refractivity contribution in [2.45, 2.75) is 12.4 Å². The van der Waals surface area contributed by atoms with Gasteiger partial charge in [0.05, 0.1) is 5.56 Å². The van der Waals surface area contributed by atoms with Crippen LogP contribution in [0.2, 0.25) is 0 Å². The number of hydrogen-bond acceptors (Lipinski definition) is 0. The second-order valence-corrected chi connectivity index (χ2v) is 3.52. The summed E-state index contributed by atoms with van der Waals surface area (Å²) in [6.45, 7) is 0. The molecule has 17 heavy (non-hydrogen) atoms. The van der Waals surface area contributed by atoms with Crippen LogP contribution in [0.3, 0.4) is 0 Å². The van der Waals surface area contributed by atoms with E-state index in [0.29, 0.717) is 18.2 Å². The lowest BCUT2D eigenvalue weighted by Crippen LogP contribution is -2.07. The van der Waals surface area contributed by atoms with Gasteiger partial charge in [-0.25, -0.2) is 0 Å². The normalized spacial score (nSPS) is 13.9. The van der Waals surface area contributed by atoms with Gasteiger partial charge in [-0.2, -0.15) is 26.3 Å². The lowest BCUT2D eigenvalue weighted by atomic mass is 10.1. The molecule has 94 valence electrons. The molecule has 0 bridgehead atoms. The molecule has 1 rings (SSSR count). The Bertz CT molecular complexity index is 412. The van der Waals surface area contributed by atoms with Crippen LogP contribution in [-0.2, 0) is 6.18 Å². The van der Waals surface area contributed by atoms with Gasteiger partial charge < -0.3 is 0 Å². The Hall–Kier alpha value is -1.17. The van der Waals surface area contributed by atoms with Gasteiger partial charge in [-0.05, 0) is 23.8 Å². The summed E-state index contributed by atoms with van der Waals surface area (Å²) in [7, 11) is 0. The second kappa shape index (κ2) is 4.60. The molecule has 0 unspecified atom stereocenters. The molecule has 0 aliphatic heterocycles. The summed E-state index contributed by atoms with van der Waals surface area (Å²) in [6.07, 6.45) is -8.66. The monoisotopic (exact) mass is 274 g/mol. The zero-order valence-electron chi connectivity index (χ0n) is 8.03. The number of alkyl halides is 6. The van der Waals surface area contributed by atoms with Gasteiger partial charge in [0, 0.05) is 0 Å². The highest BCUT2D eigenvalue weighted by Crippen LogP contribution is 2.32. The van der Waals surface area contributed by atoms with Crippen LogP contribution in [0.1, 0.15) is 11.1 Å². The molecule has 0 radical (unpaired) electrons. The van der Waals surface area contributed by atoms with Gasteiger partial charge in [-0.3, -0.25) is 0 Å². The zero-order chi connectivity index (χ0) is 13.3. The van der Waals surface area contributed by atoms with Gasteiger partial charge in [0.1, 0.15) is 5.03 Å². The molecule has 0 atom stereocenters. The molecule has 0 saturated carbocycles. The minimum absolute atomic E-state index is 0.0553. The standard InChI is InChI=1S/C10H5ClF6/c11-8(10(15,16)17)5-6-1-3-7(4-2-6)9(12,13)14/h1-5H. The van der Waals surface area contributed by atoms with Crippen LogP contribution in [-0.4, -0.2) is 6.18 Å². The Morgan fingerprint density at radius 1 is 0.941 bits per heavy atom. The van der Waals surface area contributed by atoms with Gasteiger partial charge in [-0.15, -0.1) is 0 Å². The van der Waals surface area contributed by atoms with Crippen LogP contribution in [0.15, 0.2) is 29.3 Å². The first-order valence-electron chi connectivity index (χ1n) is 4.22. The molecule has 0 N–H and O–H groups in total. The summed E-state index contributed by atoms with van der Waals surface area (Å²) >= 11 is 4.94. The minimum atomic E-state index is -4.70. The van der Waals surface area contributed by atoms with Gasteiger partial charge >= 0.3 is 12.4 Å². The molecule has 0 aliphatic carbocycles. The number of allylic oxidation sites excluding steroid dienone is 1. The van der Waals surface area contributed by atoms with Gasteiger partial charge in [0.2, 0.25) is 0 Å². The maximum Gasteiger partial charge on any atom is 0.426 e. The first-order chi connectivity index (χ1) is 7.60. The van der Waals surface area contributed by atoms with Gasteiger partial charge in [0.25, 0.3) is 0 Å². The second-order valence-electron chi connectivity index (χ2n) is 3.11. The Morgan fingerprint density at radius 2 is 1.41 bits per heavy atom. The van der Waals surface area contributed by atoms with Crippen molar-refractivity contribution in [2.75, 3.05) is 0 Å². The SMILES string of the molecule is FC(F)(F)C(Cl)=Cc1ccc(C(F)(F)F)cc1. The number of hydrogen-bond donors (Lipinski definition) is 0. The summed E-state index contributed by atoms with van der Waals surface area (Å²) in [5.41, 5.74) is -0.988. The lowest BCUT2D eigenvalue weighted by molar-refractivity contribution is -0.137. The maximum atomic E-state index is 12.1. The van der Waals surface area contributed by atoms with Gasteiger partial charge in [0.15, 0.2) is 0 Å². The topological polar surface area (TPSA) is 0 Å². The smallest absolute Gasteiger partial charge is 0.166 e. The lowest BCUT2D eigenvalue weighted by Gasteiger charge is -2.07. The molecule has 0 spiro atoms. The van der Waals surface area contributed by atoms with Crippen molar-refractivity contribution in [1.29, 1.82) is 0 Å². The molecular weight excluding hydrogens is 270 g/mol. The van der Waals surface area contributed by atoms with Crippen LogP contribution in [0.5, 0.6) is 0 Å². The van der Waals surface area contributed by atoms with E-state index < -0.39 is 22.9 Å². The summed E-state index contributed by atoms with van der Waals surface area (Å²) < 4.78 is 72.5. The average Bonchev–Trinajstić information content (AvgIpc) is 2.15. The molecule has 0 nitrogen and oxygen atoms in total. The van der Waals surface area contributed by atoms with Crippen molar-refractivity contribution in [2.24, 2.45) is 0 Å². The molecule has 7 heteroatoms. The number of benzene rings is 1. The van der Waals surface area contributed by atoms with Crippen molar-refractivity contribution in [1.82, 2.24) is 0 Å². The van der Waals surface area contributed by atoms with Crippen LogP contribution >= 0.6 is 11.6 Å². The quantitative estimate of drug-likeness (QED) is 0.642. The molecule has 0 aliphatic rings. The molecule has 0 aromatic heterocycles. The molecule has 0 amide bonds. The predicted octanol–water partition coefficient (Wildman–Crippen LogP) is 4.85. The van der Waals surface area contributed by atoms with E-state index >= 15 is 0 Å². The van der Waals surface area contributed by atoms with Crippen LogP contribution in [0.25, 0.3) is 6.08 Å². The van der Waals surface area contributed by atoms with Crippen LogP contribution in [0, 0.1) is 0 Å². The molecule has 0 heterocycles. The number of rotatable bonds is 1. The van der Waals surface area contributed by atoms with Crippen LogP contribution in [0.4, 0.5) is 26.3 Å². The van der Waals surface area contributed by atoms with E-state index in [-0.39, 0.29) is 5.56 Å². The largest absolute Gasteiger partial charge is 0.426 e. The molecule has 0 fully saturated rings. The van der Waals surface area contributed by atoms with Crippen molar-refractivity contribution in [3.8, 4) is 0 Å². The van der Waals surface area contributed by atoms with E-state index in [1.54, 1.807) is 0 Å². The van der Waals surface area contributed by atoms with Crippen molar-refractivity contribution < 1.29 is 26.3 Å². The average molecular weight is 275 g/mol. The Labute approximate surface area is 97.5 Å². The van der Waals surface area contributed by atoms with E-state index in [1.807, 2.05) is 0 Å². The zero-order valence-corrected chi connectivity index (χ0v) is 8.79.